The Morgan fingerprint density at radius 1 is 1.19 bits per heavy atom. The zero-order chi connectivity index (χ0) is 23.0. The molecule has 0 aromatic carbocycles. The summed E-state index contributed by atoms with van der Waals surface area (Å²) in [7, 11) is 0. The number of fused-ring (bicyclic) bond motifs is 1. The van der Waals surface area contributed by atoms with Crippen LogP contribution in [0.1, 0.15) is 44.4 Å². The summed E-state index contributed by atoms with van der Waals surface area (Å²) in [6, 6.07) is 3.44. The molecular formula is C22H29F3N6O. The van der Waals surface area contributed by atoms with Gasteiger partial charge in [-0.25, -0.2) is 9.20 Å². The average molecular weight is 451 g/mol. The second kappa shape index (κ2) is 8.73. The highest BCUT2D eigenvalue weighted by atomic mass is 19.4. The Labute approximate surface area is 184 Å². The maximum Gasteiger partial charge on any atom is 0.389 e. The first kappa shape index (κ1) is 22.6. The number of piperidine rings is 1. The van der Waals surface area contributed by atoms with Gasteiger partial charge in [0.2, 0.25) is 5.95 Å². The van der Waals surface area contributed by atoms with Gasteiger partial charge in [-0.1, -0.05) is 26.7 Å². The van der Waals surface area contributed by atoms with Crippen LogP contribution in [0.2, 0.25) is 0 Å². The lowest BCUT2D eigenvalue weighted by atomic mass is 9.73. The minimum atomic E-state index is -4.13. The highest BCUT2D eigenvalue weighted by Gasteiger charge is 2.42. The van der Waals surface area contributed by atoms with E-state index in [1.165, 1.54) is 4.52 Å². The van der Waals surface area contributed by atoms with Crippen LogP contribution in [0, 0.1) is 24.7 Å². The molecule has 0 radical (unpaired) electrons. The first-order valence-electron chi connectivity index (χ1n) is 11.1. The number of nitrogens with one attached hydrogen (secondary N) is 1. The lowest BCUT2D eigenvalue weighted by Crippen LogP contribution is -2.47. The van der Waals surface area contributed by atoms with Crippen LogP contribution in [0.3, 0.4) is 0 Å². The molecule has 0 saturated carbocycles. The van der Waals surface area contributed by atoms with Gasteiger partial charge in [-0.2, -0.15) is 18.3 Å². The summed E-state index contributed by atoms with van der Waals surface area (Å²) in [5.41, 5.74) is 2.02. The van der Waals surface area contributed by atoms with Crippen molar-refractivity contribution in [2.75, 3.05) is 13.1 Å². The predicted octanol–water partition coefficient (Wildman–Crippen LogP) is 3.95. The number of likely N-dealkylation sites (tertiary alicyclic amines) is 1. The van der Waals surface area contributed by atoms with E-state index in [1.54, 1.807) is 29.2 Å². The van der Waals surface area contributed by atoms with Crippen molar-refractivity contribution in [1.82, 2.24) is 29.3 Å². The van der Waals surface area contributed by atoms with E-state index in [2.05, 4.69) is 20.1 Å². The van der Waals surface area contributed by atoms with Gasteiger partial charge in [0.25, 0.3) is 5.56 Å². The van der Waals surface area contributed by atoms with Crippen LogP contribution in [0.4, 0.5) is 13.2 Å². The zero-order valence-electron chi connectivity index (χ0n) is 18.6. The number of rotatable bonds is 6. The number of halogens is 3. The number of hydrogen-bond acceptors (Lipinski definition) is 4. The van der Waals surface area contributed by atoms with E-state index in [0.29, 0.717) is 31.1 Å². The molecule has 1 aliphatic heterocycles. The number of aromatic amines is 1. The maximum absolute atomic E-state index is 13.2. The highest BCUT2D eigenvalue weighted by molar-refractivity contribution is 5.44. The predicted molar refractivity (Wildman–Crippen MR) is 115 cm³/mol. The van der Waals surface area contributed by atoms with Crippen molar-refractivity contribution in [2.45, 2.75) is 52.8 Å². The third-order valence-corrected chi connectivity index (χ3v) is 6.81. The summed E-state index contributed by atoms with van der Waals surface area (Å²) in [5, 5.41) is 8.84. The van der Waals surface area contributed by atoms with Crippen molar-refractivity contribution in [1.29, 1.82) is 0 Å². The zero-order valence-corrected chi connectivity index (χ0v) is 18.6. The van der Waals surface area contributed by atoms with Crippen molar-refractivity contribution in [3.63, 3.8) is 0 Å². The Bertz CT molecular complexity index is 1120. The minimum absolute atomic E-state index is 0.0137. The number of nitrogens with zero attached hydrogens (tertiary/aromatic N) is 5. The molecular weight excluding hydrogens is 421 g/mol. The van der Waals surface area contributed by atoms with Crippen molar-refractivity contribution < 1.29 is 13.2 Å². The van der Waals surface area contributed by atoms with Crippen LogP contribution >= 0.6 is 0 Å². The SMILES string of the molecule is CC[C@@H]1CN(Cc2cnn(-c3nn4cccc4c(=O)[nH]3)c2C)C[C@H](CC)C1CC(F)(F)F. The Kier molecular flexibility index (Phi) is 6.15. The molecule has 32 heavy (non-hydrogen) atoms. The van der Waals surface area contributed by atoms with Crippen LogP contribution in [-0.2, 0) is 6.54 Å². The Morgan fingerprint density at radius 2 is 1.88 bits per heavy atom. The number of H-pyrrole nitrogens is 1. The highest BCUT2D eigenvalue weighted by Crippen LogP contribution is 2.40. The minimum Gasteiger partial charge on any atom is -0.298 e. The first-order chi connectivity index (χ1) is 15.2. The van der Waals surface area contributed by atoms with E-state index in [1.807, 2.05) is 20.8 Å². The monoisotopic (exact) mass is 450 g/mol. The maximum atomic E-state index is 13.2. The number of alkyl halides is 3. The van der Waals surface area contributed by atoms with Gasteiger partial charge in [0.1, 0.15) is 5.52 Å². The Balaban J connectivity index is 1.54. The molecule has 3 aromatic rings. The molecule has 1 N–H and O–H groups in total. The molecule has 1 unspecified atom stereocenters. The van der Waals surface area contributed by atoms with Crippen LogP contribution in [0.15, 0.2) is 29.3 Å². The third-order valence-electron chi connectivity index (χ3n) is 6.81. The standard InChI is InChI=1S/C22H29F3N6O/c1-4-15-11-29(12-16(5-2)18(15)9-22(23,24)25)13-17-10-26-31(14(17)3)21-27-20(32)19-7-6-8-30(19)28-21/h6-8,10,15-16,18H,4-5,9,11-13H2,1-3H3,(H,27,28,32)/t15-,16+,18?. The van der Waals surface area contributed by atoms with Gasteiger partial charge in [-0.15, -0.1) is 5.10 Å². The molecule has 174 valence electrons. The van der Waals surface area contributed by atoms with Crippen LogP contribution in [-0.4, -0.2) is 48.5 Å². The Morgan fingerprint density at radius 3 is 2.50 bits per heavy atom. The molecule has 1 saturated heterocycles. The number of aromatic nitrogens is 5. The summed E-state index contributed by atoms with van der Waals surface area (Å²) in [4.78, 5) is 17.3. The van der Waals surface area contributed by atoms with Crippen molar-refractivity contribution in [2.24, 2.45) is 17.8 Å². The molecule has 4 heterocycles. The van der Waals surface area contributed by atoms with E-state index in [4.69, 9.17) is 0 Å². The van der Waals surface area contributed by atoms with E-state index in [0.717, 1.165) is 24.1 Å². The van der Waals surface area contributed by atoms with Crippen LogP contribution in [0.25, 0.3) is 11.5 Å². The van der Waals surface area contributed by atoms with Gasteiger partial charge < -0.3 is 0 Å². The van der Waals surface area contributed by atoms with Crippen molar-refractivity contribution in [3.8, 4) is 5.95 Å². The molecule has 0 amide bonds. The van der Waals surface area contributed by atoms with Gasteiger partial charge in [-0.3, -0.25) is 14.7 Å². The quantitative estimate of drug-likeness (QED) is 0.617. The fraction of sp³-hybridized carbons (Fsp3) is 0.591. The third kappa shape index (κ3) is 4.46. The second-order valence-corrected chi connectivity index (χ2v) is 8.80. The number of hydrogen-bond donors (Lipinski definition) is 1. The van der Waals surface area contributed by atoms with Crippen molar-refractivity contribution in [3.05, 3.63) is 46.1 Å². The topological polar surface area (TPSA) is 71.2 Å². The van der Waals surface area contributed by atoms with E-state index in [-0.39, 0.29) is 23.3 Å². The molecule has 0 aliphatic carbocycles. The van der Waals surface area contributed by atoms with Gasteiger partial charge in [0.05, 0.1) is 6.20 Å². The van der Waals surface area contributed by atoms with Crippen LogP contribution in [0.5, 0.6) is 0 Å². The Hall–Kier alpha value is -2.62. The van der Waals surface area contributed by atoms with Gasteiger partial charge >= 0.3 is 6.18 Å². The largest absolute Gasteiger partial charge is 0.389 e. The lowest BCUT2D eigenvalue weighted by Gasteiger charge is -2.44. The molecule has 0 bridgehead atoms. The van der Waals surface area contributed by atoms with Crippen molar-refractivity contribution >= 4 is 5.52 Å². The van der Waals surface area contributed by atoms with E-state index < -0.39 is 12.6 Å². The average Bonchev–Trinajstić information content (AvgIpc) is 3.35. The normalized spacial score (nSPS) is 22.6. The molecule has 10 heteroatoms. The first-order valence-corrected chi connectivity index (χ1v) is 11.1. The summed E-state index contributed by atoms with van der Waals surface area (Å²) in [5.74, 6) is 0.0246. The molecule has 1 fully saturated rings. The van der Waals surface area contributed by atoms with E-state index >= 15 is 0 Å². The summed E-state index contributed by atoms with van der Waals surface area (Å²) in [6.07, 6.45) is 0.0848. The fourth-order valence-corrected chi connectivity index (χ4v) is 5.07. The molecule has 0 spiro atoms. The molecule has 3 aromatic heterocycles. The summed E-state index contributed by atoms with van der Waals surface area (Å²) in [6.45, 7) is 7.76. The van der Waals surface area contributed by atoms with Gasteiger partial charge in [0.15, 0.2) is 0 Å². The summed E-state index contributed by atoms with van der Waals surface area (Å²) < 4.78 is 42.6. The fourth-order valence-electron chi connectivity index (χ4n) is 5.07. The van der Waals surface area contributed by atoms with Crippen LogP contribution < -0.4 is 5.56 Å². The second-order valence-electron chi connectivity index (χ2n) is 8.80. The molecule has 1 aliphatic rings. The van der Waals surface area contributed by atoms with Gasteiger partial charge in [0, 0.05) is 43.5 Å². The molecule has 3 atom stereocenters. The summed E-state index contributed by atoms with van der Waals surface area (Å²) >= 11 is 0. The molecule has 7 nitrogen and oxygen atoms in total. The smallest absolute Gasteiger partial charge is 0.298 e. The van der Waals surface area contributed by atoms with E-state index in [9.17, 15) is 18.0 Å². The lowest BCUT2D eigenvalue weighted by molar-refractivity contribution is -0.159. The molecule has 4 rings (SSSR count). The van der Waals surface area contributed by atoms with Gasteiger partial charge in [-0.05, 0) is 36.8 Å².